The molecule has 144 valence electrons. The number of rotatable bonds is 2. The van der Waals surface area contributed by atoms with Crippen molar-refractivity contribution in [1.29, 1.82) is 0 Å². The Morgan fingerprint density at radius 3 is 2.45 bits per heavy atom. The molecule has 4 aromatic rings. The minimum atomic E-state index is 0.0231. The van der Waals surface area contributed by atoms with Crippen molar-refractivity contribution in [2.24, 2.45) is 5.92 Å². The molecule has 2 aliphatic carbocycles. The van der Waals surface area contributed by atoms with Crippen molar-refractivity contribution in [3.05, 3.63) is 71.4 Å². The van der Waals surface area contributed by atoms with E-state index in [1.54, 1.807) is 0 Å². The summed E-state index contributed by atoms with van der Waals surface area (Å²) in [5.41, 5.74) is 8.58. The van der Waals surface area contributed by atoms with Gasteiger partial charge < -0.3 is 0 Å². The Kier molecular flexibility index (Phi) is 3.62. The lowest BCUT2D eigenvalue weighted by molar-refractivity contribution is 0.521. The van der Waals surface area contributed by atoms with Gasteiger partial charge in [-0.15, -0.1) is 0 Å². The van der Waals surface area contributed by atoms with Crippen LogP contribution in [0.3, 0.4) is 0 Å². The van der Waals surface area contributed by atoms with Crippen molar-refractivity contribution in [2.45, 2.75) is 51.4 Å². The molecule has 0 amide bonds. The largest absolute Gasteiger partial charge is 0.248 e. The first-order chi connectivity index (χ1) is 14.2. The van der Waals surface area contributed by atoms with Gasteiger partial charge in [-0.25, -0.2) is 9.97 Å². The molecule has 29 heavy (non-hydrogen) atoms. The number of fused-ring (bicyclic) bond motifs is 5. The number of hydrogen-bond acceptors (Lipinski definition) is 2. The molecule has 0 atom stereocenters. The van der Waals surface area contributed by atoms with Crippen LogP contribution in [-0.2, 0) is 11.8 Å². The summed E-state index contributed by atoms with van der Waals surface area (Å²) < 4.78 is 0. The average molecular weight is 379 g/mol. The molecule has 0 radical (unpaired) electrons. The highest BCUT2D eigenvalue weighted by Gasteiger charge is 2.45. The van der Waals surface area contributed by atoms with Crippen LogP contribution in [0.15, 0.2) is 54.6 Å². The van der Waals surface area contributed by atoms with E-state index in [1.165, 1.54) is 58.8 Å². The van der Waals surface area contributed by atoms with Crippen LogP contribution in [0.25, 0.3) is 33.1 Å². The molecule has 0 N–H and O–H groups in total. The fourth-order valence-corrected chi connectivity index (χ4v) is 5.81. The normalized spacial score (nSPS) is 16.8. The zero-order valence-electron chi connectivity index (χ0n) is 17.2. The number of benzene rings is 3. The fraction of sp³-hybridized carbons (Fsp3) is 0.333. The van der Waals surface area contributed by atoms with Gasteiger partial charge in [0.15, 0.2) is 0 Å². The fourth-order valence-electron chi connectivity index (χ4n) is 5.81. The third-order valence-electron chi connectivity index (χ3n) is 6.99. The van der Waals surface area contributed by atoms with Gasteiger partial charge in [-0.05, 0) is 53.1 Å². The quantitative estimate of drug-likeness (QED) is 0.382. The third kappa shape index (κ3) is 2.35. The molecule has 2 heteroatoms. The standard InChI is InChI=1S/C27H26N2/c1-17(2)16-19-10-7-13-22-24(19)29-26-25(28-22)20-11-5-8-18-9-6-12-21(23(18)20)27(26)14-3-4-15-27/h5-13,17H,3-4,14-16H2,1-2H3. The highest BCUT2D eigenvalue weighted by Crippen LogP contribution is 2.54. The van der Waals surface area contributed by atoms with E-state index in [2.05, 4.69) is 68.4 Å². The van der Waals surface area contributed by atoms with Gasteiger partial charge in [-0.3, -0.25) is 0 Å². The highest BCUT2D eigenvalue weighted by molar-refractivity contribution is 6.03. The Labute approximate surface area is 172 Å². The van der Waals surface area contributed by atoms with E-state index >= 15 is 0 Å². The van der Waals surface area contributed by atoms with Crippen LogP contribution in [0.1, 0.15) is 56.4 Å². The smallest absolute Gasteiger partial charge is 0.0940 e. The van der Waals surface area contributed by atoms with Crippen LogP contribution in [0.5, 0.6) is 0 Å². The van der Waals surface area contributed by atoms with Gasteiger partial charge in [-0.1, -0.05) is 75.2 Å². The van der Waals surface area contributed by atoms with Gasteiger partial charge in [0, 0.05) is 11.0 Å². The maximum absolute atomic E-state index is 5.43. The molecule has 2 aliphatic rings. The van der Waals surface area contributed by atoms with Crippen molar-refractivity contribution >= 4 is 21.8 Å². The van der Waals surface area contributed by atoms with Gasteiger partial charge in [0.05, 0.1) is 22.4 Å². The Bertz CT molecular complexity index is 1260. The van der Waals surface area contributed by atoms with Gasteiger partial charge in [-0.2, -0.15) is 0 Å². The van der Waals surface area contributed by atoms with E-state index in [4.69, 9.17) is 9.97 Å². The van der Waals surface area contributed by atoms with Crippen molar-refractivity contribution in [1.82, 2.24) is 9.97 Å². The first-order valence-electron chi connectivity index (χ1n) is 11.0. The number of hydrogen-bond donors (Lipinski definition) is 0. The molecule has 0 bridgehead atoms. The second kappa shape index (κ2) is 6.13. The van der Waals surface area contributed by atoms with E-state index in [0.717, 1.165) is 23.1 Å². The minimum absolute atomic E-state index is 0.0231. The highest BCUT2D eigenvalue weighted by atomic mass is 14.9. The molecule has 2 nitrogen and oxygen atoms in total. The maximum atomic E-state index is 5.43. The van der Waals surface area contributed by atoms with Gasteiger partial charge in [0.2, 0.25) is 0 Å². The Balaban J connectivity index is 1.74. The molecule has 3 aromatic carbocycles. The maximum Gasteiger partial charge on any atom is 0.0940 e. The predicted octanol–water partition coefficient (Wildman–Crippen LogP) is 6.82. The lowest BCUT2D eigenvalue weighted by Crippen LogP contribution is -2.29. The zero-order chi connectivity index (χ0) is 19.6. The van der Waals surface area contributed by atoms with E-state index < -0.39 is 0 Å². The number of aromatic nitrogens is 2. The summed E-state index contributed by atoms with van der Waals surface area (Å²) in [6.07, 6.45) is 5.95. The molecule has 0 unspecified atom stereocenters. The second-order valence-electron chi connectivity index (χ2n) is 9.30. The molecule has 1 spiro atoms. The summed E-state index contributed by atoms with van der Waals surface area (Å²) in [6, 6.07) is 20.0. The Morgan fingerprint density at radius 1 is 0.897 bits per heavy atom. The second-order valence-corrected chi connectivity index (χ2v) is 9.30. The predicted molar refractivity (Wildman–Crippen MR) is 120 cm³/mol. The summed E-state index contributed by atoms with van der Waals surface area (Å²) in [6.45, 7) is 4.56. The minimum Gasteiger partial charge on any atom is -0.248 e. The lowest BCUT2D eigenvalue weighted by atomic mass is 9.68. The summed E-state index contributed by atoms with van der Waals surface area (Å²) in [5, 5.41) is 2.73. The van der Waals surface area contributed by atoms with E-state index in [1.807, 2.05) is 0 Å². The number of para-hydroxylation sites is 1. The summed E-state index contributed by atoms with van der Waals surface area (Å²) in [7, 11) is 0. The summed E-state index contributed by atoms with van der Waals surface area (Å²) >= 11 is 0. The first kappa shape index (κ1) is 17.1. The molecule has 1 heterocycles. The van der Waals surface area contributed by atoms with Crippen LogP contribution in [0.4, 0.5) is 0 Å². The van der Waals surface area contributed by atoms with Crippen molar-refractivity contribution in [3.63, 3.8) is 0 Å². The zero-order valence-corrected chi connectivity index (χ0v) is 17.2. The first-order valence-corrected chi connectivity index (χ1v) is 11.0. The summed E-state index contributed by atoms with van der Waals surface area (Å²) in [4.78, 5) is 10.7. The van der Waals surface area contributed by atoms with Crippen molar-refractivity contribution in [3.8, 4) is 11.3 Å². The molecule has 6 rings (SSSR count). The molecule has 1 fully saturated rings. The molecule has 0 saturated heterocycles. The van der Waals surface area contributed by atoms with Crippen molar-refractivity contribution < 1.29 is 0 Å². The topological polar surface area (TPSA) is 25.8 Å². The SMILES string of the molecule is CC(C)Cc1cccc2nc3c(nc12)C1(CCCC1)c1cccc2cccc-3c12. The summed E-state index contributed by atoms with van der Waals surface area (Å²) in [5.74, 6) is 0.605. The molecule has 1 saturated carbocycles. The average Bonchev–Trinajstić information content (AvgIpc) is 3.21. The molecule has 0 aliphatic heterocycles. The van der Waals surface area contributed by atoms with E-state index in [9.17, 15) is 0 Å². The van der Waals surface area contributed by atoms with Gasteiger partial charge in [0.1, 0.15) is 0 Å². The Hall–Kier alpha value is -2.74. The van der Waals surface area contributed by atoms with Crippen LogP contribution in [-0.4, -0.2) is 9.97 Å². The van der Waals surface area contributed by atoms with Gasteiger partial charge in [0.25, 0.3) is 0 Å². The van der Waals surface area contributed by atoms with E-state index in [-0.39, 0.29) is 5.41 Å². The van der Waals surface area contributed by atoms with Crippen LogP contribution < -0.4 is 0 Å². The van der Waals surface area contributed by atoms with Crippen LogP contribution >= 0.6 is 0 Å². The van der Waals surface area contributed by atoms with Crippen LogP contribution in [0.2, 0.25) is 0 Å². The number of nitrogens with zero attached hydrogens (tertiary/aromatic N) is 2. The molecule has 1 aromatic heterocycles. The van der Waals surface area contributed by atoms with E-state index in [0.29, 0.717) is 5.92 Å². The molecular weight excluding hydrogens is 352 g/mol. The van der Waals surface area contributed by atoms with Crippen LogP contribution in [0, 0.1) is 5.92 Å². The third-order valence-corrected chi connectivity index (χ3v) is 6.99. The van der Waals surface area contributed by atoms with Gasteiger partial charge >= 0.3 is 0 Å². The molecular formula is C27H26N2. The lowest BCUT2D eigenvalue weighted by Gasteiger charge is -2.36. The van der Waals surface area contributed by atoms with Crippen molar-refractivity contribution in [2.75, 3.05) is 0 Å². The monoisotopic (exact) mass is 378 g/mol. The Morgan fingerprint density at radius 2 is 1.66 bits per heavy atom.